The number of carbonyl (C=O) groups excluding carboxylic acids is 3. The number of rotatable bonds is 9. The van der Waals surface area contributed by atoms with Gasteiger partial charge in [-0.2, -0.15) is 0 Å². The van der Waals surface area contributed by atoms with Gasteiger partial charge in [-0.1, -0.05) is 17.7 Å². The molecule has 0 fully saturated rings. The Morgan fingerprint density at radius 1 is 0.867 bits per heavy atom. The molecule has 1 atom stereocenters. The Labute approximate surface area is 176 Å². The molecule has 0 bridgehead atoms. The van der Waals surface area contributed by atoms with Gasteiger partial charge < -0.3 is 19.7 Å². The highest BCUT2D eigenvalue weighted by atomic mass is 16.5. The smallest absolute Gasteiger partial charge is 0.414 e. The molecule has 0 aromatic heterocycles. The molecule has 30 heavy (non-hydrogen) atoms. The fraction of sp³-hybridized carbons (Fsp3) is 0.318. The molecule has 3 N–H and O–H groups in total. The van der Waals surface area contributed by atoms with E-state index >= 15 is 0 Å². The minimum absolute atomic E-state index is 0.00787. The Kier molecular flexibility index (Phi) is 8.83. The summed E-state index contributed by atoms with van der Waals surface area (Å²) in [5.41, 5.74) is 1.78. The molecule has 2 aromatic carbocycles. The zero-order chi connectivity index (χ0) is 21.9. The van der Waals surface area contributed by atoms with E-state index in [1.807, 2.05) is 38.1 Å². The van der Waals surface area contributed by atoms with E-state index in [2.05, 4.69) is 15.4 Å². The van der Waals surface area contributed by atoms with E-state index in [4.69, 9.17) is 4.74 Å². The van der Waals surface area contributed by atoms with Crippen LogP contribution < -0.4 is 20.3 Å². The predicted octanol–water partition coefficient (Wildman–Crippen LogP) is 1.90. The second kappa shape index (κ2) is 11.6. The summed E-state index contributed by atoms with van der Waals surface area (Å²) in [4.78, 5) is 36.2. The van der Waals surface area contributed by atoms with Crippen molar-refractivity contribution in [3.63, 3.8) is 0 Å². The molecular formula is C22H28N3O5+. The first-order valence-corrected chi connectivity index (χ1v) is 9.84. The van der Waals surface area contributed by atoms with Gasteiger partial charge in [-0.05, 0) is 57.2 Å². The summed E-state index contributed by atoms with van der Waals surface area (Å²) >= 11 is 0. The van der Waals surface area contributed by atoms with Crippen LogP contribution in [0.15, 0.2) is 48.5 Å². The van der Waals surface area contributed by atoms with Crippen LogP contribution in [0.5, 0.6) is 11.5 Å². The van der Waals surface area contributed by atoms with E-state index in [-0.39, 0.29) is 25.6 Å². The molecule has 0 saturated heterocycles. The first kappa shape index (κ1) is 22.9. The lowest BCUT2D eigenvalue weighted by Gasteiger charge is -2.16. The molecule has 8 heteroatoms. The van der Waals surface area contributed by atoms with Gasteiger partial charge in [0.1, 0.15) is 11.5 Å². The van der Waals surface area contributed by atoms with Crippen LogP contribution in [-0.4, -0.2) is 44.1 Å². The summed E-state index contributed by atoms with van der Waals surface area (Å²) < 4.78 is 10.4. The zero-order valence-electron chi connectivity index (χ0n) is 17.5. The largest absolute Gasteiger partial charge is 0.457 e. The van der Waals surface area contributed by atoms with Crippen molar-refractivity contribution in [3.8, 4) is 11.5 Å². The lowest BCUT2D eigenvalue weighted by molar-refractivity contribution is -0.881. The SMILES string of the molecule is CCOC(=O)NC(=O)C[NH+](CC)CC(=O)Nc1ccc(Oc2ccc(C)cc2)cc1. The molecule has 0 spiro atoms. The van der Waals surface area contributed by atoms with Gasteiger partial charge in [0.15, 0.2) is 13.1 Å². The Morgan fingerprint density at radius 3 is 2.00 bits per heavy atom. The average Bonchev–Trinajstić information content (AvgIpc) is 2.70. The van der Waals surface area contributed by atoms with Crippen molar-refractivity contribution in [2.24, 2.45) is 0 Å². The lowest BCUT2D eigenvalue weighted by Crippen LogP contribution is -3.14. The number of aryl methyl sites for hydroxylation is 1. The van der Waals surface area contributed by atoms with Gasteiger partial charge in [0, 0.05) is 5.69 Å². The van der Waals surface area contributed by atoms with Gasteiger partial charge in [0.25, 0.3) is 11.8 Å². The number of anilines is 1. The van der Waals surface area contributed by atoms with Gasteiger partial charge >= 0.3 is 6.09 Å². The maximum Gasteiger partial charge on any atom is 0.414 e. The van der Waals surface area contributed by atoms with Crippen LogP contribution >= 0.6 is 0 Å². The van der Waals surface area contributed by atoms with E-state index in [0.29, 0.717) is 22.9 Å². The fourth-order valence-corrected chi connectivity index (χ4v) is 2.65. The van der Waals surface area contributed by atoms with E-state index in [1.54, 1.807) is 31.2 Å². The maximum absolute atomic E-state index is 12.3. The van der Waals surface area contributed by atoms with E-state index in [9.17, 15) is 14.4 Å². The van der Waals surface area contributed by atoms with Crippen LogP contribution in [0.2, 0.25) is 0 Å². The summed E-state index contributed by atoms with van der Waals surface area (Å²) in [5, 5.41) is 4.93. The van der Waals surface area contributed by atoms with Crippen LogP contribution in [-0.2, 0) is 14.3 Å². The second-order valence-electron chi connectivity index (χ2n) is 6.71. The number of ether oxygens (including phenoxy) is 2. The predicted molar refractivity (Wildman–Crippen MR) is 113 cm³/mol. The molecule has 0 saturated carbocycles. The molecule has 0 heterocycles. The van der Waals surface area contributed by atoms with Crippen molar-refractivity contribution in [2.75, 3.05) is 31.6 Å². The molecule has 0 aliphatic carbocycles. The van der Waals surface area contributed by atoms with Crippen molar-refractivity contribution >= 4 is 23.6 Å². The normalized spacial score (nSPS) is 11.3. The molecule has 160 valence electrons. The zero-order valence-corrected chi connectivity index (χ0v) is 17.5. The summed E-state index contributed by atoms with van der Waals surface area (Å²) in [7, 11) is 0. The number of benzene rings is 2. The van der Waals surface area contributed by atoms with Gasteiger partial charge in [-0.15, -0.1) is 0 Å². The number of hydrogen-bond donors (Lipinski definition) is 3. The molecule has 0 aliphatic rings. The summed E-state index contributed by atoms with van der Waals surface area (Å²) in [6.45, 7) is 6.33. The summed E-state index contributed by atoms with van der Waals surface area (Å²) in [6, 6.07) is 14.8. The van der Waals surface area contributed by atoms with Gasteiger partial charge in [-0.25, -0.2) is 4.79 Å². The quantitative estimate of drug-likeness (QED) is 0.582. The second-order valence-corrected chi connectivity index (χ2v) is 6.71. The standard InChI is InChI=1S/C22H27N3O5/c1-4-25(15-21(27)24-22(28)29-5-2)14-20(26)23-17-8-12-19(13-9-17)30-18-10-6-16(3)7-11-18/h6-13H,4-5,14-15H2,1-3H3,(H,23,26)(H,24,27,28)/p+1. The molecule has 8 nitrogen and oxygen atoms in total. The molecule has 2 rings (SSSR count). The molecule has 1 unspecified atom stereocenters. The molecular weight excluding hydrogens is 386 g/mol. The van der Waals surface area contributed by atoms with Crippen LogP contribution in [0.4, 0.5) is 10.5 Å². The lowest BCUT2D eigenvalue weighted by atomic mass is 10.2. The minimum Gasteiger partial charge on any atom is -0.457 e. The molecule has 3 amide bonds. The average molecular weight is 414 g/mol. The fourth-order valence-electron chi connectivity index (χ4n) is 2.65. The molecule has 0 radical (unpaired) electrons. The molecule has 2 aromatic rings. The highest BCUT2D eigenvalue weighted by Crippen LogP contribution is 2.23. The number of hydrogen-bond acceptors (Lipinski definition) is 5. The first-order chi connectivity index (χ1) is 14.4. The Morgan fingerprint density at radius 2 is 1.43 bits per heavy atom. The van der Waals surface area contributed by atoms with Crippen molar-refractivity contribution in [2.45, 2.75) is 20.8 Å². The number of carbonyl (C=O) groups is 3. The monoisotopic (exact) mass is 414 g/mol. The number of imide groups is 1. The Balaban J connectivity index is 1.83. The number of amides is 3. The topological polar surface area (TPSA) is 98.2 Å². The van der Waals surface area contributed by atoms with Crippen molar-refractivity contribution in [1.29, 1.82) is 0 Å². The summed E-state index contributed by atoms with van der Waals surface area (Å²) in [6.07, 6.45) is -0.782. The maximum atomic E-state index is 12.3. The highest BCUT2D eigenvalue weighted by molar-refractivity contribution is 5.93. The third-order valence-corrected chi connectivity index (χ3v) is 4.23. The Hall–Kier alpha value is -3.39. The van der Waals surface area contributed by atoms with Crippen molar-refractivity contribution in [3.05, 3.63) is 54.1 Å². The third kappa shape index (κ3) is 7.92. The van der Waals surface area contributed by atoms with Crippen molar-refractivity contribution < 1.29 is 28.8 Å². The highest BCUT2D eigenvalue weighted by Gasteiger charge is 2.18. The van der Waals surface area contributed by atoms with E-state index in [0.717, 1.165) is 11.3 Å². The Bertz CT molecular complexity index is 850. The van der Waals surface area contributed by atoms with Crippen LogP contribution in [0.3, 0.4) is 0 Å². The van der Waals surface area contributed by atoms with Crippen LogP contribution in [0, 0.1) is 6.92 Å². The summed E-state index contributed by atoms with van der Waals surface area (Å²) in [5.74, 6) is 0.674. The number of likely N-dealkylation sites (N-methyl/N-ethyl adjacent to an activating group) is 1. The van der Waals surface area contributed by atoms with Crippen LogP contribution in [0.25, 0.3) is 0 Å². The molecule has 0 aliphatic heterocycles. The van der Waals surface area contributed by atoms with Gasteiger partial charge in [0.05, 0.1) is 13.2 Å². The minimum atomic E-state index is -0.782. The third-order valence-electron chi connectivity index (χ3n) is 4.23. The van der Waals surface area contributed by atoms with Gasteiger partial charge in [0.2, 0.25) is 0 Å². The van der Waals surface area contributed by atoms with Crippen LogP contribution in [0.1, 0.15) is 19.4 Å². The van der Waals surface area contributed by atoms with E-state index < -0.39 is 12.0 Å². The number of nitrogens with one attached hydrogen (secondary N) is 3. The number of quaternary nitrogens is 1. The number of alkyl carbamates (subject to hydrolysis) is 1. The van der Waals surface area contributed by atoms with Gasteiger partial charge in [-0.3, -0.25) is 14.9 Å². The van der Waals surface area contributed by atoms with Crippen molar-refractivity contribution in [1.82, 2.24) is 5.32 Å². The van der Waals surface area contributed by atoms with E-state index in [1.165, 1.54) is 0 Å². The first-order valence-electron chi connectivity index (χ1n) is 9.84.